The van der Waals surface area contributed by atoms with E-state index in [-0.39, 0.29) is 18.4 Å². The SMILES string of the molecule is CC(C)C[C@H](N)c1ccc(C#N)cc1.Cl. The Balaban J connectivity index is 0.00000196. The number of hydrogen-bond donors (Lipinski definition) is 1. The lowest BCUT2D eigenvalue weighted by atomic mass is 9.97. The molecule has 0 aliphatic heterocycles. The molecule has 0 aliphatic carbocycles. The second-order valence-electron chi connectivity index (χ2n) is 3.97. The first-order chi connectivity index (χ1) is 6.63. The van der Waals surface area contributed by atoms with Crippen molar-refractivity contribution in [2.45, 2.75) is 26.3 Å². The van der Waals surface area contributed by atoms with Crippen molar-refractivity contribution >= 4 is 12.4 Å². The number of benzene rings is 1. The molecule has 0 spiro atoms. The Morgan fingerprint density at radius 3 is 2.20 bits per heavy atom. The zero-order valence-electron chi connectivity index (χ0n) is 9.10. The summed E-state index contributed by atoms with van der Waals surface area (Å²) in [4.78, 5) is 0. The van der Waals surface area contributed by atoms with Gasteiger partial charge in [0.1, 0.15) is 0 Å². The first-order valence-corrected chi connectivity index (χ1v) is 4.89. The predicted octanol–water partition coefficient (Wildman–Crippen LogP) is 3.03. The summed E-state index contributed by atoms with van der Waals surface area (Å²) in [5.74, 6) is 0.598. The molecule has 1 rings (SSSR count). The fraction of sp³-hybridized carbons (Fsp3) is 0.417. The zero-order chi connectivity index (χ0) is 10.6. The summed E-state index contributed by atoms with van der Waals surface area (Å²) in [5, 5.41) is 8.63. The van der Waals surface area contributed by atoms with E-state index in [0.29, 0.717) is 11.5 Å². The number of hydrogen-bond acceptors (Lipinski definition) is 2. The maximum absolute atomic E-state index is 8.63. The van der Waals surface area contributed by atoms with Crippen LogP contribution in [0, 0.1) is 17.2 Å². The maximum Gasteiger partial charge on any atom is 0.0991 e. The molecule has 0 saturated carbocycles. The van der Waals surface area contributed by atoms with Gasteiger partial charge < -0.3 is 5.73 Å². The third kappa shape index (κ3) is 4.33. The first kappa shape index (κ1) is 14.0. The summed E-state index contributed by atoms with van der Waals surface area (Å²) in [5.41, 5.74) is 7.80. The summed E-state index contributed by atoms with van der Waals surface area (Å²) in [6, 6.07) is 9.68. The standard InChI is InChI=1S/C12H16N2.ClH/c1-9(2)7-12(14)11-5-3-10(8-13)4-6-11;/h3-6,9,12H,7,14H2,1-2H3;1H/t12-;/m0./s1. The minimum absolute atomic E-state index is 0. The summed E-state index contributed by atoms with van der Waals surface area (Å²) in [6.07, 6.45) is 0.978. The number of nitrogens with zero attached hydrogens (tertiary/aromatic N) is 1. The van der Waals surface area contributed by atoms with Gasteiger partial charge in [-0.2, -0.15) is 5.26 Å². The molecule has 1 aromatic carbocycles. The van der Waals surface area contributed by atoms with Gasteiger partial charge >= 0.3 is 0 Å². The van der Waals surface area contributed by atoms with Crippen molar-refractivity contribution in [3.05, 3.63) is 35.4 Å². The average Bonchev–Trinajstić information content (AvgIpc) is 2.17. The summed E-state index contributed by atoms with van der Waals surface area (Å²) in [6.45, 7) is 4.31. The van der Waals surface area contributed by atoms with E-state index in [4.69, 9.17) is 11.0 Å². The molecule has 2 N–H and O–H groups in total. The van der Waals surface area contributed by atoms with Gasteiger partial charge in [-0.15, -0.1) is 12.4 Å². The molecule has 0 bridgehead atoms. The Labute approximate surface area is 97.5 Å². The number of nitrogens with two attached hydrogens (primary N) is 1. The van der Waals surface area contributed by atoms with Crippen LogP contribution in [0.25, 0.3) is 0 Å². The van der Waals surface area contributed by atoms with Crippen LogP contribution < -0.4 is 5.73 Å². The molecule has 0 aliphatic rings. The Morgan fingerprint density at radius 1 is 1.27 bits per heavy atom. The molecule has 1 aromatic rings. The molecule has 15 heavy (non-hydrogen) atoms. The molecule has 0 radical (unpaired) electrons. The highest BCUT2D eigenvalue weighted by Gasteiger charge is 2.07. The second-order valence-corrected chi connectivity index (χ2v) is 3.97. The van der Waals surface area contributed by atoms with Crippen molar-refractivity contribution in [1.82, 2.24) is 0 Å². The zero-order valence-corrected chi connectivity index (χ0v) is 9.92. The van der Waals surface area contributed by atoms with Crippen LogP contribution in [-0.2, 0) is 0 Å². The smallest absolute Gasteiger partial charge is 0.0991 e. The predicted molar refractivity (Wildman–Crippen MR) is 64.8 cm³/mol. The largest absolute Gasteiger partial charge is 0.324 e. The normalized spacial score (nSPS) is 11.7. The molecule has 0 unspecified atom stereocenters. The lowest BCUT2D eigenvalue weighted by Gasteiger charge is -2.14. The van der Waals surface area contributed by atoms with Crippen molar-refractivity contribution in [2.75, 3.05) is 0 Å². The van der Waals surface area contributed by atoms with Crippen LogP contribution in [0.4, 0.5) is 0 Å². The van der Waals surface area contributed by atoms with Crippen molar-refractivity contribution in [3.8, 4) is 6.07 Å². The fourth-order valence-electron chi connectivity index (χ4n) is 1.45. The Hall–Kier alpha value is -1.04. The van der Waals surface area contributed by atoms with Crippen LogP contribution in [0.2, 0.25) is 0 Å². The highest BCUT2D eigenvalue weighted by Crippen LogP contribution is 2.18. The van der Waals surface area contributed by atoms with E-state index < -0.39 is 0 Å². The van der Waals surface area contributed by atoms with Crippen molar-refractivity contribution in [2.24, 2.45) is 11.7 Å². The molecule has 1 atom stereocenters. The van der Waals surface area contributed by atoms with Gasteiger partial charge in [0.2, 0.25) is 0 Å². The van der Waals surface area contributed by atoms with E-state index in [1.54, 1.807) is 0 Å². The highest BCUT2D eigenvalue weighted by molar-refractivity contribution is 5.85. The monoisotopic (exact) mass is 224 g/mol. The number of nitriles is 1. The minimum atomic E-state index is 0. The van der Waals surface area contributed by atoms with Crippen molar-refractivity contribution < 1.29 is 0 Å². The van der Waals surface area contributed by atoms with Crippen LogP contribution in [0.15, 0.2) is 24.3 Å². The molecular weight excluding hydrogens is 208 g/mol. The second kappa shape index (κ2) is 6.44. The van der Waals surface area contributed by atoms with Crippen LogP contribution in [-0.4, -0.2) is 0 Å². The molecule has 0 saturated heterocycles. The summed E-state index contributed by atoms with van der Waals surface area (Å²) >= 11 is 0. The number of rotatable bonds is 3. The first-order valence-electron chi connectivity index (χ1n) is 4.89. The minimum Gasteiger partial charge on any atom is -0.324 e. The summed E-state index contributed by atoms with van der Waals surface area (Å²) in [7, 11) is 0. The maximum atomic E-state index is 8.63. The number of halogens is 1. The van der Waals surface area contributed by atoms with E-state index in [0.717, 1.165) is 12.0 Å². The van der Waals surface area contributed by atoms with Gasteiger partial charge in [-0.1, -0.05) is 26.0 Å². The molecule has 2 nitrogen and oxygen atoms in total. The van der Waals surface area contributed by atoms with Gasteiger partial charge in [-0.3, -0.25) is 0 Å². The van der Waals surface area contributed by atoms with Crippen molar-refractivity contribution in [3.63, 3.8) is 0 Å². The Morgan fingerprint density at radius 2 is 1.80 bits per heavy atom. The average molecular weight is 225 g/mol. The van der Waals surface area contributed by atoms with E-state index in [1.165, 1.54) is 0 Å². The van der Waals surface area contributed by atoms with Gasteiger partial charge in [-0.05, 0) is 30.0 Å². The quantitative estimate of drug-likeness (QED) is 0.858. The van der Waals surface area contributed by atoms with Crippen molar-refractivity contribution in [1.29, 1.82) is 5.26 Å². The molecule has 0 fully saturated rings. The van der Waals surface area contributed by atoms with E-state index in [9.17, 15) is 0 Å². The fourth-order valence-corrected chi connectivity index (χ4v) is 1.45. The highest BCUT2D eigenvalue weighted by atomic mass is 35.5. The van der Waals surface area contributed by atoms with Crippen LogP contribution in [0.5, 0.6) is 0 Å². The Kier molecular flexibility index (Phi) is 6.00. The van der Waals surface area contributed by atoms with E-state index >= 15 is 0 Å². The third-order valence-electron chi connectivity index (χ3n) is 2.19. The van der Waals surface area contributed by atoms with Crippen LogP contribution in [0.3, 0.4) is 0 Å². The van der Waals surface area contributed by atoms with Gasteiger partial charge in [0.05, 0.1) is 11.6 Å². The van der Waals surface area contributed by atoms with Gasteiger partial charge in [0.15, 0.2) is 0 Å². The van der Waals surface area contributed by atoms with Gasteiger partial charge in [-0.25, -0.2) is 0 Å². The molecular formula is C12H17ClN2. The third-order valence-corrected chi connectivity index (χ3v) is 2.19. The van der Waals surface area contributed by atoms with Crippen LogP contribution >= 0.6 is 12.4 Å². The molecule has 3 heteroatoms. The molecule has 0 amide bonds. The van der Waals surface area contributed by atoms with Crippen LogP contribution in [0.1, 0.15) is 37.4 Å². The van der Waals surface area contributed by atoms with E-state index in [1.807, 2.05) is 24.3 Å². The van der Waals surface area contributed by atoms with Gasteiger partial charge in [0, 0.05) is 6.04 Å². The molecule has 0 heterocycles. The molecule has 82 valence electrons. The van der Waals surface area contributed by atoms with E-state index in [2.05, 4.69) is 19.9 Å². The molecule has 0 aromatic heterocycles. The Bertz CT molecular complexity index is 324. The summed E-state index contributed by atoms with van der Waals surface area (Å²) < 4.78 is 0. The van der Waals surface area contributed by atoms with Gasteiger partial charge in [0.25, 0.3) is 0 Å². The topological polar surface area (TPSA) is 49.8 Å². The lowest BCUT2D eigenvalue weighted by molar-refractivity contribution is 0.510. The lowest BCUT2D eigenvalue weighted by Crippen LogP contribution is -2.12.